The number of guanidine groups is 1. The summed E-state index contributed by atoms with van der Waals surface area (Å²) in [6.45, 7) is 2.20. The molecule has 2 aromatic rings. The maximum atomic E-state index is 12.1. The summed E-state index contributed by atoms with van der Waals surface area (Å²) in [4.78, 5) is 15.6. The Kier molecular flexibility index (Phi) is 8.67. The zero-order valence-electron chi connectivity index (χ0n) is 16.6. The van der Waals surface area contributed by atoms with E-state index >= 15 is 0 Å². The molecule has 30 heavy (non-hydrogen) atoms. The summed E-state index contributed by atoms with van der Waals surface area (Å²) in [6, 6.07) is 14.0. The van der Waals surface area contributed by atoms with Gasteiger partial charge in [-0.25, -0.2) is 4.99 Å². The Labute approximate surface area is 173 Å². The third kappa shape index (κ3) is 8.52. The minimum absolute atomic E-state index is 0.0914. The number of carbonyl (C=O) groups excluding carboxylic acids is 1. The van der Waals surface area contributed by atoms with E-state index in [1.165, 1.54) is 0 Å². The number of nitrogens with zero attached hydrogens (tertiary/aromatic N) is 1. The topological polar surface area (TPSA) is 88.7 Å². The van der Waals surface area contributed by atoms with Gasteiger partial charge in [0.15, 0.2) is 5.96 Å². The van der Waals surface area contributed by atoms with Gasteiger partial charge in [-0.15, -0.1) is 0 Å². The van der Waals surface area contributed by atoms with Crippen LogP contribution in [-0.4, -0.2) is 31.2 Å². The Hall–Kier alpha value is -3.07. The minimum atomic E-state index is -4.32. The van der Waals surface area contributed by atoms with Gasteiger partial charge < -0.3 is 21.1 Å². The molecule has 0 aliphatic rings. The molecule has 0 saturated carbocycles. The van der Waals surface area contributed by atoms with E-state index < -0.39 is 18.7 Å². The van der Waals surface area contributed by atoms with Crippen molar-refractivity contribution in [1.29, 1.82) is 0 Å². The molecule has 0 atom stereocenters. The average molecular weight is 422 g/mol. The maximum Gasteiger partial charge on any atom is 0.411 e. The van der Waals surface area contributed by atoms with E-state index in [1.807, 2.05) is 19.1 Å². The van der Waals surface area contributed by atoms with Crippen molar-refractivity contribution in [3.8, 4) is 0 Å². The number of primary amides is 1. The first kappa shape index (κ1) is 23.2. The number of alkyl halides is 3. The van der Waals surface area contributed by atoms with Crippen LogP contribution in [0.1, 0.15) is 34.0 Å². The predicted molar refractivity (Wildman–Crippen MR) is 109 cm³/mol. The number of nitrogens with two attached hydrogens (primary N) is 1. The summed E-state index contributed by atoms with van der Waals surface area (Å²) < 4.78 is 41.0. The predicted octanol–water partition coefficient (Wildman–Crippen LogP) is 3.12. The third-order valence-electron chi connectivity index (χ3n) is 4.02. The van der Waals surface area contributed by atoms with Crippen molar-refractivity contribution >= 4 is 11.9 Å². The van der Waals surface area contributed by atoms with Crippen molar-refractivity contribution < 1.29 is 22.7 Å². The molecular weight excluding hydrogens is 397 g/mol. The van der Waals surface area contributed by atoms with Crippen LogP contribution in [0.25, 0.3) is 0 Å². The Balaban J connectivity index is 1.87. The van der Waals surface area contributed by atoms with Gasteiger partial charge in [-0.1, -0.05) is 36.4 Å². The molecule has 162 valence electrons. The highest BCUT2D eigenvalue weighted by atomic mass is 19.4. The molecule has 2 rings (SSSR count). The fourth-order valence-electron chi connectivity index (χ4n) is 2.51. The molecule has 0 radical (unpaired) electrons. The Morgan fingerprint density at radius 3 is 2.17 bits per heavy atom. The van der Waals surface area contributed by atoms with Crippen LogP contribution in [0, 0.1) is 0 Å². The summed E-state index contributed by atoms with van der Waals surface area (Å²) in [6.07, 6.45) is -4.32. The zero-order valence-corrected chi connectivity index (χ0v) is 16.6. The van der Waals surface area contributed by atoms with E-state index in [9.17, 15) is 18.0 Å². The molecule has 0 aliphatic heterocycles. The Morgan fingerprint density at radius 1 is 1.00 bits per heavy atom. The van der Waals surface area contributed by atoms with Gasteiger partial charge in [0, 0.05) is 18.7 Å². The SMILES string of the molecule is CCNC(=NCc1ccc(C(N)=O)cc1)NCc1ccc(COCC(F)(F)F)cc1. The molecule has 0 aromatic heterocycles. The molecule has 2 aromatic carbocycles. The number of ether oxygens (including phenoxy) is 1. The molecule has 0 aliphatic carbocycles. The number of halogens is 3. The molecule has 0 spiro atoms. The van der Waals surface area contributed by atoms with Crippen molar-refractivity contribution in [2.75, 3.05) is 13.2 Å². The highest BCUT2D eigenvalue weighted by Crippen LogP contribution is 2.15. The van der Waals surface area contributed by atoms with Gasteiger partial charge in [0.2, 0.25) is 5.91 Å². The molecule has 0 heterocycles. The quantitative estimate of drug-likeness (QED) is 0.428. The van der Waals surface area contributed by atoms with Gasteiger partial charge in [0.05, 0.1) is 13.2 Å². The number of benzene rings is 2. The fourth-order valence-corrected chi connectivity index (χ4v) is 2.51. The lowest BCUT2D eigenvalue weighted by Gasteiger charge is -2.12. The first-order valence-electron chi connectivity index (χ1n) is 9.40. The monoisotopic (exact) mass is 422 g/mol. The van der Waals surface area contributed by atoms with Crippen LogP contribution in [0.3, 0.4) is 0 Å². The summed E-state index contributed by atoms with van der Waals surface area (Å²) in [5.41, 5.74) is 8.23. The molecular formula is C21H25F3N4O2. The van der Waals surface area contributed by atoms with Gasteiger partial charge in [-0.2, -0.15) is 13.2 Å². The van der Waals surface area contributed by atoms with Gasteiger partial charge >= 0.3 is 6.18 Å². The Bertz CT molecular complexity index is 835. The smallest absolute Gasteiger partial charge is 0.367 e. The van der Waals surface area contributed by atoms with Crippen molar-refractivity contribution in [2.24, 2.45) is 10.7 Å². The lowest BCUT2D eigenvalue weighted by Crippen LogP contribution is -2.36. The van der Waals surface area contributed by atoms with E-state index in [0.29, 0.717) is 36.7 Å². The number of rotatable bonds is 9. The second kappa shape index (κ2) is 11.2. The van der Waals surface area contributed by atoms with E-state index in [2.05, 4.69) is 20.4 Å². The van der Waals surface area contributed by atoms with Crippen LogP contribution >= 0.6 is 0 Å². The average Bonchev–Trinajstić information content (AvgIpc) is 2.70. The lowest BCUT2D eigenvalue weighted by atomic mass is 10.1. The van der Waals surface area contributed by atoms with Gasteiger partial charge in [-0.3, -0.25) is 4.79 Å². The summed E-state index contributed by atoms with van der Waals surface area (Å²) in [7, 11) is 0. The van der Waals surface area contributed by atoms with Crippen LogP contribution in [0.2, 0.25) is 0 Å². The van der Waals surface area contributed by atoms with Crippen molar-refractivity contribution in [1.82, 2.24) is 10.6 Å². The van der Waals surface area contributed by atoms with Gasteiger partial charge in [0.25, 0.3) is 0 Å². The van der Waals surface area contributed by atoms with Crippen molar-refractivity contribution in [3.05, 3.63) is 70.8 Å². The van der Waals surface area contributed by atoms with Crippen LogP contribution in [0.5, 0.6) is 0 Å². The van der Waals surface area contributed by atoms with E-state index in [4.69, 9.17) is 5.73 Å². The van der Waals surface area contributed by atoms with Crippen LogP contribution in [0.15, 0.2) is 53.5 Å². The Morgan fingerprint density at radius 2 is 1.60 bits per heavy atom. The molecule has 9 heteroatoms. The van der Waals surface area contributed by atoms with Gasteiger partial charge in [-0.05, 0) is 35.7 Å². The minimum Gasteiger partial charge on any atom is -0.367 e. The highest BCUT2D eigenvalue weighted by molar-refractivity contribution is 5.92. The summed E-state index contributed by atoms with van der Waals surface area (Å²) in [5, 5.41) is 6.35. The molecule has 0 bridgehead atoms. The number of amides is 1. The van der Waals surface area contributed by atoms with Crippen LogP contribution < -0.4 is 16.4 Å². The fraction of sp³-hybridized carbons (Fsp3) is 0.333. The van der Waals surface area contributed by atoms with Crippen molar-refractivity contribution in [3.63, 3.8) is 0 Å². The zero-order chi connectivity index (χ0) is 22.0. The number of hydrogen-bond acceptors (Lipinski definition) is 3. The second-order valence-corrected chi connectivity index (χ2v) is 6.53. The van der Waals surface area contributed by atoms with Crippen LogP contribution in [-0.2, 0) is 24.4 Å². The van der Waals surface area contributed by atoms with Crippen molar-refractivity contribution in [2.45, 2.75) is 32.8 Å². The highest BCUT2D eigenvalue weighted by Gasteiger charge is 2.27. The summed E-state index contributed by atoms with van der Waals surface area (Å²) in [5.74, 6) is 0.145. The number of nitrogens with one attached hydrogen (secondary N) is 2. The van der Waals surface area contributed by atoms with Crippen LogP contribution in [0.4, 0.5) is 13.2 Å². The normalized spacial score (nSPS) is 11.9. The van der Waals surface area contributed by atoms with Gasteiger partial charge in [0.1, 0.15) is 6.61 Å². The third-order valence-corrected chi connectivity index (χ3v) is 4.02. The largest absolute Gasteiger partial charge is 0.411 e. The maximum absolute atomic E-state index is 12.1. The molecule has 1 amide bonds. The second-order valence-electron chi connectivity index (χ2n) is 6.53. The molecule has 6 nitrogen and oxygen atoms in total. The lowest BCUT2D eigenvalue weighted by molar-refractivity contribution is -0.176. The summed E-state index contributed by atoms with van der Waals surface area (Å²) >= 11 is 0. The molecule has 0 fully saturated rings. The molecule has 4 N–H and O–H groups in total. The first-order valence-corrected chi connectivity index (χ1v) is 9.40. The molecule has 0 unspecified atom stereocenters. The number of hydrogen-bond donors (Lipinski definition) is 3. The standard InChI is InChI=1S/C21H25F3N4O2/c1-2-26-20(28-12-16-7-9-18(10-8-16)19(25)29)27-11-15-3-5-17(6-4-15)13-30-14-21(22,23)24/h3-10H,2,11-14H2,1H3,(H2,25,29)(H2,26,27,28). The van der Waals surface area contributed by atoms with E-state index in [0.717, 1.165) is 11.1 Å². The number of aliphatic imine (C=N–C) groups is 1. The molecule has 0 saturated heterocycles. The van der Waals surface area contributed by atoms with E-state index in [-0.39, 0.29) is 6.61 Å². The van der Waals surface area contributed by atoms with E-state index in [1.54, 1.807) is 36.4 Å². The number of carbonyl (C=O) groups is 1. The first-order chi connectivity index (χ1) is 14.3.